The molecule has 7 nitrogen and oxygen atoms in total. The second-order valence-corrected chi connectivity index (χ2v) is 7.25. The highest BCUT2D eigenvalue weighted by Gasteiger charge is 2.12. The summed E-state index contributed by atoms with van der Waals surface area (Å²) in [7, 11) is 1.81. The van der Waals surface area contributed by atoms with Gasteiger partial charge in [0, 0.05) is 39.6 Å². The van der Waals surface area contributed by atoms with Gasteiger partial charge in [-0.1, -0.05) is 37.6 Å². The van der Waals surface area contributed by atoms with Crippen molar-refractivity contribution in [3.05, 3.63) is 47.5 Å². The molecule has 0 amide bonds. The highest BCUT2D eigenvalue weighted by Crippen LogP contribution is 2.16. The number of piperidine rings is 1. The lowest BCUT2D eigenvalue weighted by Crippen LogP contribution is -2.38. The van der Waals surface area contributed by atoms with Crippen LogP contribution in [0.2, 0.25) is 0 Å². The highest BCUT2D eigenvalue weighted by molar-refractivity contribution is 5.79. The summed E-state index contributed by atoms with van der Waals surface area (Å²) in [6.07, 6.45) is 6.69. The number of aromatic nitrogens is 3. The summed E-state index contributed by atoms with van der Waals surface area (Å²) in [4.78, 5) is 6.92. The lowest BCUT2D eigenvalue weighted by molar-refractivity contribution is 0.220. The summed E-state index contributed by atoms with van der Waals surface area (Å²) in [5.41, 5.74) is 2.74. The van der Waals surface area contributed by atoms with E-state index in [4.69, 9.17) is 0 Å². The maximum Gasteiger partial charge on any atom is 0.191 e. The van der Waals surface area contributed by atoms with Crippen LogP contribution < -0.4 is 10.6 Å². The Kier molecular flexibility index (Phi) is 7.84. The molecule has 0 saturated carbocycles. The average Bonchev–Trinajstić information content (AvgIpc) is 3.20. The van der Waals surface area contributed by atoms with E-state index in [0.29, 0.717) is 0 Å². The van der Waals surface area contributed by atoms with Crippen LogP contribution in [0.1, 0.15) is 43.1 Å². The SMILES string of the molecule is CCc1nncn1CCNC(=NC)NCc1ccccc1CN1CCCCC1. The van der Waals surface area contributed by atoms with Gasteiger partial charge in [-0.15, -0.1) is 10.2 Å². The quantitative estimate of drug-likeness (QED) is 0.540. The van der Waals surface area contributed by atoms with E-state index < -0.39 is 0 Å². The van der Waals surface area contributed by atoms with Gasteiger partial charge in [0.25, 0.3) is 0 Å². The second kappa shape index (κ2) is 10.8. The van der Waals surface area contributed by atoms with Gasteiger partial charge in [0.2, 0.25) is 0 Å². The van der Waals surface area contributed by atoms with E-state index in [1.807, 2.05) is 7.05 Å². The minimum absolute atomic E-state index is 0.774. The normalized spacial score (nSPS) is 15.6. The standard InChI is InChI=1S/C21H33N7/c1-3-20-26-25-17-28(20)14-11-23-21(22-2)24-15-18-9-5-6-10-19(18)16-27-12-7-4-8-13-27/h5-6,9-10,17H,3-4,7-8,11-16H2,1-2H3,(H2,22,23,24). The van der Waals surface area contributed by atoms with E-state index in [-0.39, 0.29) is 0 Å². The lowest BCUT2D eigenvalue weighted by Gasteiger charge is -2.27. The van der Waals surface area contributed by atoms with Gasteiger partial charge in [-0.3, -0.25) is 9.89 Å². The molecule has 3 rings (SSSR count). The van der Waals surface area contributed by atoms with Crippen molar-refractivity contribution in [3.63, 3.8) is 0 Å². The van der Waals surface area contributed by atoms with E-state index in [2.05, 4.69) is 66.5 Å². The van der Waals surface area contributed by atoms with E-state index >= 15 is 0 Å². The first-order valence-corrected chi connectivity index (χ1v) is 10.4. The Hall–Kier alpha value is -2.41. The number of aliphatic imine (C=N–C) groups is 1. The Morgan fingerprint density at radius 2 is 1.89 bits per heavy atom. The van der Waals surface area contributed by atoms with Gasteiger partial charge in [0.1, 0.15) is 12.2 Å². The highest BCUT2D eigenvalue weighted by atomic mass is 15.3. The number of nitrogens with zero attached hydrogens (tertiary/aromatic N) is 5. The summed E-state index contributed by atoms with van der Waals surface area (Å²) >= 11 is 0. The largest absolute Gasteiger partial charge is 0.355 e. The first kappa shape index (κ1) is 20.3. The van der Waals surface area contributed by atoms with Crippen LogP contribution in [0.3, 0.4) is 0 Å². The Labute approximate surface area is 168 Å². The Balaban J connectivity index is 1.49. The molecule has 2 aromatic rings. The molecule has 1 aliphatic rings. The van der Waals surface area contributed by atoms with Crippen LogP contribution in [0.4, 0.5) is 0 Å². The molecular weight excluding hydrogens is 350 g/mol. The first-order valence-electron chi connectivity index (χ1n) is 10.4. The summed E-state index contributed by atoms with van der Waals surface area (Å²) in [6.45, 7) is 7.94. The fourth-order valence-corrected chi connectivity index (χ4v) is 3.68. The predicted octanol–water partition coefficient (Wildman–Crippen LogP) is 2.19. The molecule has 1 aromatic carbocycles. The van der Waals surface area contributed by atoms with E-state index in [1.165, 1.54) is 43.5 Å². The summed E-state index contributed by atoms with van der Waals surface area (Å²) < 4.78 is 2.08. The molecular formula is C21H33N7. The number of hydrogen-bond donors (Lipinski definition) is 2. The molecule has 28 heavy (non-hydrogen) atoms. The van der Waals surface area contributed by atoms with Gasteiger partial charge in [-0.05, 0) is 37.1 Å². The van der Waals surface area contributed by atoms with Crippen molar-refractivity contribution < 1.29 is 0 Å². The molecule has 1 fully saturated rings. The number of hydrogen-bond acceptors (Lipinski definition) is 4. The molecule has 0 atom stereocenters. The topological polar surface area (TPSA) is 70.4 Å². The number of likely N-dealkylation sites (tertiary alicyclic amines) is 1. The van der Waals surface area contributed by atoms with Gasteiger partial charge in [0.15, 0.2) is 5.96 Å². The van der Waals surface area contributed by atoms with Crippen LogP contribution in [0, 0.1) is 0 Å². The average molecular weight is 384 g/mol. The van der Waals surface area contributed by atoms with Crippen molar-refractivity contribution in [2.75, 3.05) is 26.7 Å². The van der Waals surface area contributed by atoms with Gasteiger partial charge in [0.05, 0.1) is 0 Å². The van der Waals surface area contributed by atoms with Crippen LogP contribution in [0.25, 0.3) is 0 Å². The number of rotatable bonds is 8. The maximum atomic E-state index is 4.35. The monoisotopic (exact) mass is 383 g/mol. The molecule has 2 N–H and O–H groups in total. The first-order chi connectivity index (χ1) is 13.8. The van der Waals surface area contributed by atoms with Crippen LogP contribution in [0.15, 0.2) is 35.6 Å². The molecule has 0 bridgehead atoms. The third kappa shape index (κ3) is 5.79. The van der Waals surface area contributed by atoms with Crippen molar-refractivity contribution >= 4 is 5.96 Å². The van der Waals surface area contributed by atoms with Gasteiger partial charge in [-0.2, -0.15) is 0 Å². The van der Waals surface area contributed by atoms with E-state index in [9.17, 15) is 0 Å². The minimum atomic E-state index is 0.774. The molecule has 0 spiro atoms. The number of benzene rings is 1. The molecule has 1 saturated heterocycles. The Bertz CT molecular complexity index is 747. The summed E-state index contributed by atoms with van der Waals surface area (Å²) in [5, 5.41) is 14.9. The molecule has 1 aromatic heterocycles. The molecule has 152 valence electrons. The smallest absolute Gasteiger partial charge is 0.191 e. The second-order valence-electron chi connectivity index (χ2n) is 7.25. The fourth-order valence-electron chi connectivity index (χ4n) is 3.68. The van der Waals surface area contributed by atoms with E-state index in [1.54, 1.807) is 6.33 Å². The maximum absolute atomic E-state index is 4.35. The zero-order valence-corrected chi connectivity index (χ0v) is 17.2. The minimum Gasteiger partial charge on any atom is -0.355 e. The van der Waals surface area contributed by atoms with Crippen molar-refractivity contribution in [1.29, 1.82) is 0 Å². The lowest BCUT2D eigenvalue weighted by atomic mass is 10.0. The molecule has 0 aliphatic carbocycles. The van der Waals surface area contributed by atoms with Crippen molar-refractivity contribution in [1.82, 2.24) is 30.3 Å². The van der Waals surface area contributed by atoms with Crippen molar-refractivity contribution in [2.45, 2.75) is 52.2 Å². The number of guanidine groups is 1. The van der Waals surface area contributed by atoms with Crippen LogP contribution in [0.5, 0.6) is 0 Å². The van der Waals surface area contributed by atoms with Gasteiger partial charge >= 0.3 is 0 Å². The van der Waals surface area contributed by atoms with Gasteiger partial charge in [-0.25, -0.2) is 0 Å². The van der Waals surface area contributed by atoms with E-state index in [0.717, 1.165) is 44.4 Å². The fraction of sp³-hybridized carbons (Fsp3) is 0.571. The zero-order chi connectivity index (χ0) is 19.6. The third-order valence-electron chi connectivity index (χ3n) is 5.29. The molecule has 0 radical (unpaired) electrons. The molecule has 0 unspecified atom stereocenters. The van der Waals surface area contributed by atoms with Crippen molar-refractivity contribution in [2.24, 2.45) is 4.99 Å². The van der Waals surface area contributed by atoms with Crippen LogP contribution in [-0.4, -0.2) is 52.3 Å². The van der Waals surface area contributed by atoms with Gasteiger partial charge < -0.3 is 15.2 Å². The van der Waals surface area contributed by atoms with Crippen molar-refractivity contribution in [3.8, 4) is 0 Å². The molecule has 7 heteroatoms. The number of aryl methyl sites for hydroxylation is 1. The molecule has 1 aliphatic heterocycles. The summed E-state index contributed by atoms with van der Waals surface area (Å²) in [6, 6.07) is 8.72. The van der Waals surface area contributed by atoms with Crippen LogP contribution >= 0.6 is 0 Å². The number of nitrogens with one attached hydrogen (secondary N) is 2. The third-order valence-corrected chi connectivity index (χ3v) is 5.29. The Morgan fingerprint density at radius 1 is 1.11 bits per heavy atom. The Morgan fingerprint density at radius 3 is 2.64 bits per heavy atom. The van der Waals surface area contributed by atoms with Crippen LogP contribution in [-0.2, 0) is 26.1 Å². The zero-order valence-electron chi connectivity index (χ0n) is 17.2. The summed E-state index contributed by atoms with van der Waals surface area (Å²) in [5.74, 6) is 1.83. The predicted molar refractivity (Wildman–Crippen MR) is 113 cm³/mol. The molecule has 2 heterocycles.